The molecule has 9 nitrogen and oxygen atoms in total. The van der Waals surface area contributed by atoms with Crippen molar-refractivity contribution in [2.45, 2.75) is 32.2 Å². The van der Waals surface area contributed by atoms with Crippen LogP contribution in [0.2, 0.25) is 0 Å². The second kappa shape index (κ2) is 13.2. The predicted octanol–water partition coefficient (Wildman–Crippen LogP) is 7.71. The first-order valence-corrected chi connectivity index (χ1v) is 13.8. The monoisotopic (exact) mass is 614 g/mol. The van der Waals surface area contributed by atoms with E-state index in [1.807, 2.05) is 0 Å². The van der Waals surface area contributed by atoms with Crippen LogP contribution in [0.15, 0.2) is 60.8 Å². The third-order valence-electron chi connectivity index (χ3n) is 7.02. The minimum atomic E-state index is -4.91. The Morgan fingerprint density at radius 3 is 2.34 bits per heavy atom. The van der Waals surface area contributed by atoms with Crippen LogP contribution in [-0.4, -0.2) is 49.6 Å². The van der Waals surface area contributed by atoms with Gasteiger partial charge in [-0.2, -0.15) is 0 Å². The molecule has 2 N–H and O–H groups in total. The zero-order chi connectivity index (χ0) is 31.3. The maximum Gasteiger partial charge on any atom is 0.573 e. The Kier molecular flexibility index (Phi) is 9.23. The molecular weight excluding hydrogens is 584 g/mol. The van der Waals surface area contributed by atoms with Crippen LogP contribution in [0.1, 0.15) is 24.8 Å². The van der Waals surface area contributed by atoms with Gasteiger partial charge in [0.1, 0.15) is 23.1 Å². The first-order valence-electron chi connectivity index (χ1n) is 13.8. The number of benzene rings is 3. The van der Waals surface area contributed by atoms with Gasteiger partial charge in [0.05, 0.1) is 25.4 Å². The van der Waals surface area contributed by atoms with Crippen LogP contribution in [0.3, 0.4) is 0 Å². The van der Waals surface area contributed by atoms with Crippen molar-refractivity contribution in [2.24, 2.45) is 0 Å². The van der Waals surface area contributed by atoms with E-state index < -0.39 is 24.0 Å². The number of anilines is 2. The van der Waals surface area contributed by atoms with Crippen molar-refractivity contribution in [2.75, 3.05) is 37.9 Å². The molecule has 1 saturated heterocycles. The number of alkyl halides is 3. The average molecular weight is 615 g/mol. The molecule has 1 aromatic heterocycles. The maximum absolute atomic E-state index is 15.0. The van der Waals surface area contributed by atoms with E-state index in [4.69, 9.17) is 14.2 Å². The molecule has 1 aliphatic rings. The number of nitrogens with one attached hydrogen (secondary N) is 2. The Balaban J connectivity index is 1.28. The lowest BCUT2D eigenvalue weighted by molar-refractivity contribution is -0.275. The number of ether oxygens (including phenoxy) is 4. The lowest BCUT2D eigenvalue weighted by Crippen LogP contribution is -2.29. The molecule has 232 valence electrons. The minimum absolute atomic E-state index is 0.0427. The van der Waals surface area contributed by atoms with Crippen molar-refractivity contribution >= 4 is 28.3 Å². The molecule has 0 spiro atoms. The number of methoxy groups -OCH3 is 2. The molecule has 2 amide bonds. The summed E-state index contributed by atoms with van der Waals surface area (Å²) in [5.41, 5.74) is 0.783. The smallest absolute Gasteiger partial charge is 0.493 e. The van der Waals surface area contributed by atoms with Crippen LogP contribution in [0.25, 0.3) is 10.9 Å². The number of piperidine rings is 1. The average Bonchev–Trinajstić information content (AvgIpc) is 2.99. The van der Waals surface area contributed by atoms with Crippen molar-refractivity contribution in [1.29, 1.82) is 0 Å². The standard InChI is InChI=1S/C31H30F4N4O5/c1-41-28-16-22-25(17-29(28)42-2)36-11-10-26(22)43-21-8-9-24(23(32)15-21)38-30(40)37-20-7-6-19(18-39-12-4-3-5-13-39)27(14-20)44-31(33,34)35/h6-11,14-17H,3-5,12-13,18H2,1-2H3,(H2,37,38,40). The van der Waals surface area contributed by atoms with Gasteiger partial charge in [-0.3, -0.25) is 9.88 Å². The molecule has 0 atom stereocenters. The van der Waals surface area contributed by atoms with Crippen LogP contribution in [0.4, 0.5) is 33.7 Å². The molecule has 44 heavy (non-hydrogen) atoms. The van der Waals surface area contributed by atoms with Gasteiger partial charge < -0.3 is 29.6 Å². The van der Waals surface area contributed by atoms with E-state index in [9.17, 15) is 22.4 Å². The van der Waals surface area contributed by atoms with E-state index in [2.05, 4.69) is 25.3 Å². The van der Waals surface area contributed by atoms with Gasteiger partial charge in [0.15, 0.2) is 11.5 Å². The Labute approximate surface area is 250 Å². The van der Waals surface area contributed by atoms with Crippen LogP contribution >= 0.6 is 0 Å². The number of hydrogen-bond donors (Lipinski definition) is 2. The summed E-state index contributed by atoms with van der Waals surface area (Å²) in [6, 6.07) is 12.0. The fourth-order valence-electron chi connectivity index (χ4n) is 4.95. The van der Waals surface area contributed by atoms with Gasteiger partial charge in [-0.25, -0.2) is 9.18 Å². The number of rotatable bonds is 9. The van der Waals surface area contributed by atoms with E-state index in [-0.39, 0.29) is 23.7 Å². The summed E-state index contributed by atoms with van der Waals surface area (Å²) in [4.78, 5) is 19.0. The molecule has 4 aromatic rings. The molecule has 0 bridgehead atoms. The number of carbonyl (C=O) groups is 1. The number of likely N-dealkylation sites (tertiary alicyclic amines) is 1. The molecule has 5 rings (SSSR count). The highest BCUT2D eigenvalue weighted by atomic mass is 19.4. The van der Waals surface area contributed by atoms with E-state index in [1.165, 1.54) is 44.7 Å². The lowest BCUT2D eigenvalue weighted by Gasteiger charge is -2.27. The topological polar surface area (TPSA) is 94.2 Å². The van der Waals surface area contributed by atoms with Gasteiger partial charge in [-0.15, -0.1) is 13.2 Å². The van der Waals surface area contributed by atoms with Crippen LogP contribution in [-0.2, 0) is 6.54 Å². The second-order valence-electron chi connectivity index (χ2n) is 10.1. The zero-order valence-electron chi connectivity index (χ0n) is 24.0. The molecule has 0 unspecified atom stereocenters. The van der Waals surface area contributed by atoms with Crippen molar-refractivity contribution < 1.29 is 41.3 Å². The maximum atomic E-state index is 15.0. The third-order valence-corrected chi connectivity index (χ3v) is 7.02. The van der Waals surface area contributed by atoms with Crippen molar-refractivity contribution in [1.82, 2.24) is 9.88 Å². The molecular formula is C31H30F4N4O5. The van der Waals surface area contributed by atoms with Gasteiger partial charge in [0.2, 0.25) is 0 Å². The Morgan fingerprint density at radius 2 is 1.64 bits per heavy atom. The van der Waals surface area contributed by atoms with Crippen LogP contribution < -0.4 is 29.6 Å². The molecule has 1 fully saturated rings. The van der Waals surface area contributed by atoms with Gasteiger partial charge in [0, 0.05) is 47.6 Å². The SMILES string of the molecule is COc1cc2nccc(Oc3ccc(NC(=O)Nc4ccc(CN5CCCCC5)c(OC(F)(F)F)c4)c(F)c3)c2cc1OC. The van der Waals surface area contributed by atoms with Gasteiger partial charge in [-0.05, 0) is 56.3 Å². The predicted molar refractivity (Wildman–Crippen MR) is 156 cm³/mol. The highest BCUT2D eigenvalue weighted by Gasteiger charge is 2.32. The normalized spacial score (nSPS) is 13.8. The number of hydrogen-bond acceptors (Lipinski definition) is 7. The van der Waals surface area contributed by atoms with Crippen LogP contribution in [0, 0.1) is 5.82 Å². The number of amides is 2. The Hall–Kier alpha value is -4.78. The summed E-state index contributed by atoms with van der Waals surface area (Å²) in [6.07, 6.45) is -0.337. The summed E-state index contributed by atoms with van der Waals surface area (Å²) in [5, 5.41) is 5.39. The first kappa shape index (κ1) is 30.7. The number of aromatic nitrogens is 1. The Morgan fingerprint density at radius 1 is 0.886 bits per heavy atom. The number of fused-ring (bicyclic) bond motifs is 1. The highest BCUT2D eigenvalue weighted by Crippen LogP contribution is 2.37. The third kappa shape index (κ3) is 7.59. The molecule has 2 heterocycles. The van der Waals surface area contributed by atoms with Crippen molar-refractivity contribution in [3.8, 4) is 28.7 Å². The van der Waals surface area contributed by atoms with Gasteiger partial charge in [-0.1, -0.05) is 12.5 Å². The fraction of sp³-hybridized carbons (Fsp3) is 0.290. The van der Waals surface area contributed by atoms with Gasteiger partial charge in [0.25, 0.3) is 0 Å². The number of pyridine rings is 1. The second-order valence-corrected chi connectivity index (χ2v) is 10.1. The fourth-order valence-corrected chi connectivity index (χ4v) is 4.95. The molecule has 3 aromatic carbocycles. The van der Waals surface area contributed by atoms with Gasteiger partial charge >= 0.3 is 12.4 Å². The summed E-state index contributed by atoms with van der Waals surface area (Å²) >= 11 is 0. The minimum Gasteiger partial charge on any atom is -0.493 e. The summed E-state index contributed by atoms with van der Waals surface area (Å²) < 4.78 is 75.2. The number of carbonyl (C=O) groups excluding carboxylic acids is 1. The quantitative estimate of drug-likeness (QED) is 0.187. The first-order chi connectivity index (χ1) is 21.1. The molecule has 13 heteroatoms. The van der Waals surface area contributed by atoms with Crippen molar-refractivity contribution in [3.05, 3.63) is 72.2 Å². The number of halogens is 4. The number of nitrogens with zero attached hydrogens (tertiary/aromatic N) is 2. The molecule has 1 aliphatic heterocycles. The Bertz CT molecular complexity index is 1640. The summed E-state index contributed by atoms with van der Waals surface area (Å²) in [6.45, 7) is 1.85. The zero-order valence-corrected chi connectivity index (χ0v) is 24.0. The largest absolute Gasteiger partial charge is 0.573 e. The molecule has 0 aliphatic carbocycles. The lowest BCUT2D eigenvalue weighted by atomic mass is 10.1. The van der Waals surface area contributed by atoms with E-state index >= 15 is 0 Å². The van der Waals surface area contributed by atoms with Crippen LogP contribution in [0.5, 0.6) is 28.7 Å². The molecule has 0 saturated carbocycles. The highest BCUT2D eigenvalue weighted by molar-refractivity contribution is 6.00. The van der Waals surface area contributed by atoms with Crippen molar-refractivity contribution in [3.63, 3.8) is 0 Å². The van der Waals surface area contributed by atoms with E-state index in [0.717, 1.165) is 44.5 Å². The summed E-state index contributed by atoms with van der Waals surface area (Å²) in [5.74, 6) is 0.273. The molecule has 0 radical (unpaired) electrons. The summed E-state index contributed by atoms with van der Waals surface area (Å²) in [7, 11) is 3.01. The van der Waals surface area contributed by atoms with E-state index in [0.29, 0.717) is 33.7 Å². The van der Waals surface area contributed by atoms with E-state index in [1.54, 1.807) is 18.2 Å². The number of urea groups is 1.